The third kappa shape index (κ3) is 0.721. The summed E-state index contributed by atoms with van der Waals surface area (Å²) in [5.74, 6) is 0.301. The van der Waals surface area contributed by atoms with Crippen molar-refractivity contribution in [2.45, 2.75) is 6.92 Å². The van der Waals surface area contributed by atoms with Crippen LogP contribution < -0.4 is 5.73 Å². The van der Waals surface area contributed by atoms with Crippen LogP contribution in [0.4, 0.5) is 5.95 Å². The summed E-state index contributed by atoms with van der Waals surface area (Å²) in [6.45, 7) is 1.81. The lowest BCUT2D eigenvalue weighted by Crippen LogP contribution is -2.02. The number of aromatic nitrogens is 5. The molecule has 0 amide bonds. The second-order valence-electron chi connectivity index (χ2n) is 2.14. The van der Waals surface area contributed by atoms with Crippen LogP contribution in [0.1, 0.15) is 5.69 Å². The van der Waals surface area contributed by atoms with E-state index in [0.29, 0.717) is 11.6 Å². The van der Waals surface area contributed by atoms with Gasteiger partial charge in [0.05, 0.1) is 0 Å². The predicted octanol–water partition coefficient (Wildman–Crippen LogP) is -0.590. The summed E-state index contributed by atoms with van der Waals surface area (Å²) in [6.07, 6.45) is 1.39. The summed E-state index contributed by atoms with van der Waals surface area (Å²) in [6, 6.07) is 0. The first-order valence-corrected chi connectivity index (χ1v) is 3.07. The Morgan fingerprint density at radius 3 is 3.00 bits per heavy atom. The van der Waals surface area contributed by atoms with Crippen LogP contribution in [0.2, 0.25) is 0 Å². The van der Waals surface area contributed by atoms with E-state index in [1.165, 1.54) is 10.8 Å². The molecule has 0 aliphatic rings. The van der Waals surface area contributed by atoms with Crippen LogP contribution in [0, 0.1) is 6.92 Å². The van der Waals surface area contributed by atoms with Crippen molar-refractivity contribution in [3.05, 3.63) is 12.0 Å². The average Bonchev–Trinajstić information content (AvgIpc) is 2.35. The summed E-state index contributed by atoms with van der Waals surface area (Å²) >= 11 is 0. The average molecular weight is 150 g/mol. The van der Waals surface area contributed by atoms with Crippen molar-refractivity contribution in [2.24, 2.45) is 0 Å². The Balaban J connectivity index is 2.94. The van der Waals surface area contributed by atoms with Crippen molar-refractivity contribution in [3.8, 4) is 0 Å². The maximum absolute atomic E-state index is 5.48. The molecule has 0 atom stereocenters. The number of hydrogen-bond donors (Lipinski definition) is 1. The molecular formula is C5H6N6. The van der Waals surface area contributed by atoms with E-state index in [4.69, 9.17) is 5.73 Å². The first-order chi connectivity index (χ1) is 5.29. The van der Waals surface area contributed by atoms with Gasteiger partial charge in [0.25, 0.3) is 0 Å². The number of aryl methyl sites for hydroxylation is 1. The van der Waals surface area contributed by atoms with Gasteiger partial charge in [-0.25, -0.2) is 9.97 Å². The van der Waals surface area contributed by atoms with Gasteiger partial charge in [-0.1, -0.05) is 5.21 Å². The maximum atomic E-state index is 5.48. The molecule has 2 aromatic rings. The zero-order chi connectivity index (χ0) is 7.84. The molecule has 0 saturated carbocycles. The van der Waals surface area contributed by atoms with Crippen molar-refractivity contribution in [1.82, 2.24) is 24.8 Å². The minimum Gasteiger partial charge on any atom is -0.368 e. The normalized spacial score (nSPS) is 10.6. The van der Waals surface area contributed by atoms with Crippen LogP contribution in [0.15, 0.2) is 6.33 Å². The Bertz CT molecular complexity index is 391. The molecule has 0 saturated heterocycles. The summed E-state index contributed by atoms with van der Waals surface area (Å²) in [5.41, 5.74) is 6.88. The highest BCUT2D eigenvalue weighted by molar-refractivity contribution is 5.44. The quantitative estimate of drug-likeness (QED) is 0.542. The van der Waals surface area contributed by atoms with Gasteiger partial charge in [-0.15, -0.1) is 5.10 Å². The molecule has 11 heavy (non-hydrogen) atoms. The topological polar surface area (TPSA) is 82.0 Å². The highest BCUT2D eigenvalue weighted by atomic mass is 15.4. The van der Waals surface area contributed by atoms with Gasteiger partial charge < -0.3 is 5.73 Å². The van der Waals surface area contributed by atoms with Gasteiger partial charge in [0.15, 0.2) is 5.65 Å². The molecule has 2 N–H and O–H groups in total. The third-order valence-corrected chi connectivity index (χ3v) is 1.40. The lowest BCUT2D eigenvalue weighted by Gasteiger charge is -1.92. The van der Waals surface area contributed by atoms with Crippen LogP contribution in [0.5, 0.6) is 0 Å². The summed E-state index contributed by atoms with van der Waals surface area (Å²) in [4.78, 5) is 7.70. The molecule has 0 aliphatic carbocycles. The number of rotatable bonds is 0. The van der Waals surface area contributed by atoms with E-state index >= 15 is 0 Å². The Morgan fingerprint density at radius 1 is 1.45 bits per heavy atom. The molecule has 2 aromatic heterocycles. The fourth-order valence-electron chi connectivity index (χ4n) is 0.852. The Kier molecular flexibility index (Phi) is 1.03. The van der Waals surface area contributed by atoms with E-state index in [9.17, 15) is 0 Å². The van der Waals surface area contributed by atoms with Crippen molar-refractivity contribution in [3.63, 3.8) is 0 Å². The standard InChI is InChI=1S/C5H6N6/c1-3-4-7-2-8-5(6)11(4)10-9-3/h2H,1H3,(H2,6,7,8). The van der Waals surface area contributed by atoms with E-state index < -0.39 is 0 Å². The molecule has 0 bridgehead atoms. The summed E-state index contributed by atoms with van der Waals surface area (Å²) < 4.78 is 1.40. The monoisotopic (exact) mass is 150 g/mol. The van der Waals surface area contributed by atoms with Crippen molar-refractivity contribution < 1.29 is 0 Å². The lowest BCUT2D eigenvalue weighted by molar-refractivity contribution is 0.830. The lowest BCUT2D eigenvalue weighted by atomic mass is 10.5. The van der Waals surface area contributed by atoms with Crippen molar-refractivity contribution in [2.75, 3.05) is 5.73 Å². The van der Waals surface area contributed by atoms with Crippen LogP contribution in [0.3, 0.4) is 0 Å². The Hall–Kier alpha value is -1.72. The molecular weight excluding hydrogens is 144 g/mol. The second kappa shape index (κ2) is 1.88. The maximum Gasteiger partial charge on any atom is 0.226 e. The molecule has 0 fully saturated rings. The SMILES string of the molecule is Cc1nnn2c(N)ncnc12. The number of fused-ring (bicyclic) bond motifs is 1. The van der Waals surface area contributed by atoms with Gasteiger partial charge in [0.1, 0.15) is 12.0 Å². The molecule has 6 nitrogen and oxygen atoms in total. The van der Waals surface area contributed by atoms with Crippen molar-refractivity contribution >= 4 is 11.6 Å². The van der Waals surface area contributed by atoms with E-state index in [2.05, 4.69) is 20.3 Å². The highest BCUT2D eigenvalue weighted by Gasteiger charge is 2.03. The van der Waals surface area contributed by atoms with Crippen molar-refractivity contribution in [1.29, 1.82) is 0 Å². The molecule has 56 valence electrons. The van der Waals surface area contributed by atoms with Crippen LogP contribution in [0.25, 0.3) is 5.65 Å². The number of nitrogens with zero attached hydrogens (tertiary/aromatic N) is 5. The minimum absolute atomic E-state index is 0.301. The van der Waals surface area contributed by atoms with E-state index in [1.54, 1.807) is 0 Å². The zero-order valence-corrected chi connectivity index (χ0v) is 5.89. The van der Waals surface area contributed by atoms with Gasteiger partial charge in [-0.2, -0.15) is 4.52 Å². The Labute approximate surface area is 62.1 Å². The molecule has 2 heterocycles. The molecule has 0 aliphatic heterocycles. The zero-order valence-electron chi connectivity index (χ0n) is 5.89. The first-order valence-electron chi connectivity index (χ1n) is 3.07. The summed E-state index contributed by atoms with van der Waals surface area (Å²) in [7, 11) is 0. The van der Waals surface area contributed by atoms with E-state index in [1.807, 2.05) is 6.92 Å². The molecule has 0 aromatic carbocycles. The van der Waals surface area contributed by atoms with Gasteiger partial charge in [0.2, 0.25) is 5.95 Å². The van der Waals surface area contributed by atoms with Crippen LogP contribution in [-0.4, -0.2) is 24.8 Å². The number of nitrogens with two attached hydrogens (primary N) is 1. The molecule has 6 heteroatoms. The van der Waals surface area contributed by atoms with Gasteiger partial charge in [0, 0.05) is 0 Å². The first kappa shape index (κ1) is 6.02. The van der Waals surface area contributed by atoms with Gasteiger partial charge >= 0.3 is 0 Å². The molecule has 0 spiro atoms. The van der Waals surface area contributed by atoms with E-state index in [0.717, 1.165) is 5.69 Å². The summed E-state index contributed by atoms with van der Waals surface area (Å²) in [5, 5.41) is 7.52. The fourth-order valence-corrected chi connectivity index (χ4v) is 0.852. The van der Waals surface area contributed by atoms with Gasteiger partial charge in [-0.3, -0.25) is 0 Å². The molecule has 2 rings (SSSR count). The smallest absolute Gasteiger partial charge is 0.226 e. The third-order valence-electron chi connectivity index (χ3n) is 1.40. The molecule has 0 unspecified atom stereocenters. The fraction of sp³-hybridized carbons (Fsp3) is 0.200. The largest absolute Gasteiger partial charge is 0.368 e. The predicted molar refractivity (Wildman–Crippen MR) is 37.7 cm³/mol. The van der Waals surface area contributed by atoms with Gasteiger partial charge in [-0.05, 0) is 6.92 Å². The number of nitrogen functional groups attached to an aromatic ring is 1. The highest BCUT2D eigenvalue weighted by Crippen LogP contribution is 2.03. The Morgan fingerprint density at radius 2 is 2.27 bits per heavy atom. The van der Waals surface area contributed by atoms with Crippen LogP contribution >= 0.6 is 0 Å². The molecule has 0 radical (unpaired) electrons. The number of anilines is 1. The van der Waals surface area contributed by atoms with Crippen LogP contribution in [-0.2, 0) is 0 Å². The number of hydrogen-bond acceptors (Lipinski definition) is 5. The minimum atomic E-state index is 0.301. The van der Waals surface area contributed by atoms with E-state index in [-0.39, 0.29) is 0 Å². The second-order valence-corrected chi connectivity index (χ2v) is 2.14.